The third-order valence-electron chi connectivity index (χ3n) is 3.75. The Kier molecular flexibility index (Phi) is 7.68. The summed E-state index contributed by atoms with van der Waals surface area (Å²) in [6, 6.07) is 13.5. The average molecular weight is 354 g/mol. The van der Waals surface area contributed by atoms with Crippen LogP contribution in [0.5, 0.6) is 11.5 Å². The van der Waals surface area contributed by atoms with Gasteiger partial charge in [-0.25, -0.2) is 5.43 Å². The van der Waals surface area contributed by atoms with Crippen LogP contribution in [0.1, 0.15) is 36.5 Å². The second kappa shape index (κ2) is 10.2. The van der Waals surface area contributed by atoms with Gasteiger partial charge in [0.05, 0.1) is 12.8 Å². The number of carbonyl (C=O) groups excluding carboxylic acids is 1. The first kappa shape index (κ1) is 19.5. The van der Waals surface area contributed by atoms with Gasteiger partial charge in [-0.15, -0.1) is 0 Å². The second-order valence-electron chi connectivity index (χ2n) is 6.12. The van der Waals surface area contributed by atoms with Gasteiger partial charge >= 0.3 is 0 Å². The first-order valence-electron chi connectivity index (χ1n) is 8.83. The highest BCUT2D eigenvalue weighted by atomic mass is 16.5. The molecule has 1 N–H and O–H groups in total. The number of ether oxygens (including phenoxy) is 2. The molecule has 0 aliphatic carbocycles. The van der Waals surface area contributed by atoms with E-state index < -0.39 is 0 Å². The molecule has 2 rings (SSSR count). The molecule has 5 nitrogen and oxygen atoms in total. The Bertz CT molecular complexity index is 739. The highest BCUT2D eigenvalue weighted by molar-refractivity contribution is 5.83. The normalized spacial score (nSPS) is 10.7. The van der Waals surface area contributed by atoms with Crippen molar-refractivity contribution in [1.82, 2.24) is 5.43 Å². The highest BCUT2D eigenvalue weighted by Gasteiger charge is 2.04. The van der Waals surface area contributed by atoms with Crippen LogP contribution in [0.4, 0.5) is 0 Å². The number of rotatable bonds is 9. The van der Waals surface area contributed by atoms with Crippen LogP contribution in [-0.2, 0) is 4.79 Å². The lowest BCUT2D eigenvalue weighted by molar-refractivity contribution is -0.123. The van der Waals surface area contributed by atoms with Gasteiger partial charge in [-0.3, -0.25) is 4.79 Å². The fourth-order valence-electron chi connectivity index (χ4n) is 2.20. The first-order chi connectivity index (χ1) is 12.6. The van der Waals surface area contributed by atoms with Crippen LogP contribution in [0.15, 0.2) is 47.6 Å². The van der Waals surface area contributed by atoms with Crippen molar-refractivity contribution in [3.05, 3.63) is 59.2 Å². The molecule has 0 spiro atoms. The van der Waals surface area contributed by atoms with Crippen molar-refractivity contribution in [2.75, 3.05) is 13.2 Å². The SMILES string of the molecule is CCCCOc1ccc(/C=N/NC(=O)COc2cc(C)ccc2C)cc1. The third-order valence-corrected chi connectivity index (χ3v) is 3.75. The summed E-state index contributed by atoms with van der Waals surface area (Å²) in [6.45, 7) is 6.70. The lowest BCUT2D eigenvalue weighted by Gasteiger charge is -2.08. The number of hydrogen-bond donors (Lipinski definition) is 1. The van der Waals surface area contributed by atoms with Crippen molar-refractivity contribution in [1.29, 1.82) is 0 Å². The Hall–Kier alpha value is -2.82. The zero-order chi connectivity index (χ0) is 18.8. The maximum Gasteiger partial charge on any atom is 0.277 e. The van der Waals surface area contributed by atoms with Crippen molar-refractivity contribution in [2.45, 2.75) is 33.6 Å². The van der Waals surface area contributed by atoms with Gasteiger partial charge in [-0.2, -0.15) is 5.10 Å². The van der Waals surface area contributed by atoms with E-state index in [4.69, 9.17) is 9.47 Å². The van der Waals surface area contributed by atoms with Crippen LogP contribution in [0.25, 0.3) is 0 Å². The van der Waals surface area contributed by atoms with E-state index in [1.165, 1.54) is 0 Å². The lowest BCUT2D eigenvalue weighted by atomic mass is 10.1. The third kappa shape index (κ3) is 6.59. The smallest absolute Gasteiger partial charge is 0.277 e. The topological polar surface area (TPSA) is 59.9 Å². The molecule has 2 aromatic carbocycles. The van der Waals surface area contributed by atoms with Crippen LogP contribution >= 0.6 is 0 Å². The van der Waals surface area contributed by atoms with Crippen molar-refractivity contribution in [2.24, 2.45) is 5.10 Å². The average Bonchev–Trinajstić information content (AvgIpc) is 2.64. The highest BCUT2D eigenvalue weighted by Crippen LogP contribution is 2.18. The minimum absolute atomic E-state index is 0.0775. The number of amides is 1. The van der Waals surface area contributed by atoms with Crippen LogP contribution in [0.2, 0.25) is 0 Å². The van der Waals surface area contributed by atoms with Crippen LogP contribution in [0, 0.1) is 13.8 Å². The molecule has 0 bridgehead atoms. The summed E-state index contributed by atoms with van der Waals surface area (Å²) in [5.74, 6) is 1.24. The molecule has 0 saturated carbocycles. The molecule has 0 unspecified atom stereocenters. The van der Waals surface area contributed by atoms with Crippen molar-refractivity contribution < 1.29 is 14.3 Å². The van der Waals surface area contributed by atoms with E-state index >= 15 is 0 Å². The minimum atomic E-state index is -0.304. The van der Waals surface area contributed by atoms with Gasteiger partial charge in [0.2, 0.25) is 0 Å². The van der Waals surface area contributed by atoms with Gasteiger partial charge in [0.1, 0.15) is 11.5 Å². The maximum atomic E-state index is 11.8. The summed E-state index contributed by atoms with van der Waals surface area (Å²) < 4.78 is 11.1. The summed E-state index contributed by atoms with van der Waals surface area (Å²) in [6.07, 6.45) is 3.74. The molecule has 0 radical (unpaired) electrons. The summed E-state index contributed by atoms with van der Waals surface area (Å²) in [5.41, 5.74) is 5.43. The van der Waals surface area contributed by atoms with E-state index in [1.54, 1.807) is 6.21 Å². The fraction of sp³-hybridized carbons (Fsp3) is 0.333. The zero-order valence-corrected chi connectivity index (χ0v) is 15.6. The molecule has 1 amide bonds. The molecule has 0 aromatic heterocycles. The number of unbranched alkanes of at least 4 members (excludes halogenated alkanes) is 1. The summed E-state index contributed by atoms with van der Waals surface area (Å²) in [5, 5.41) is 3.95. The molecule has 26 heavy (non-hydrogen) atoms. The minimum Gasteiger partial charge on any atom is -0.494 e. The predicted octanol–water partition coefficient (Wildman–Crippen LogP) is 4.01. The monoisotopic (exact) mass is 354 g/mol. The Morgan fingerprint density at radius 2 is 1.88 bits per heavy atom. The number of hydrogen-bond acceptors (Lipinski definition) is 4. The quantitative estimate of drug-likeness (QED) is 0.420. The van der Waals surface area contributed by atoms with E-state index in [1.807, 2.05) is 56.3 Å². The van der Waals surface area contributed by atoms with Gasteiger partial charge in [0.15, 0.2) is 6.61 Å². The molecule has 0 saturated heterocycles. The Labute approximate surface area is 155 Å². The van der Waals surface area contributed by atoms with Gasteiger partial charge in [-0.1, -0.05) is 25.5 Å². The molecular weight excluding hydrogens is 328 g/mol. The van der Waals surface area contributed by atoms with E-state index in [-0.39, 0.29) is 12.5 Å². The van der Waals surface area contributed by atoms with E-state index in [0.29, 0.717) is 5.75 Å². The molecule has 0 heterocycles. The summed E-state index contributed by atoms with van der Waals surface area (Å²) in [7, 11) is 0. The Balaban J connectivity index is 1.76. The van der Waals surface area contributed by atoms with Crippen LogP contribution < -0.4 is 14.9 Å². The van der Waals surface area contributed by atoms with E-state index in [9.17, 15) is 4.79 Å². The first-order valence-corrected chi connectivity index (χ1v) is 8.83. The summed E-state index contributed by atoms with van der Waals surface area (Å²) in [4.78, 5) is 11.8. The molecule has 5 heteroatoms. The molecular formula is C21H26N2O3. The Morgan fingerprint density at radius 1 is 1.12 bits per heavy atom. The molecule has 0 aliphatic rings. The van der Waals surface area contributed by atoms with Gasteiger partial charge in [0.25, 0.3) is 5.91 Å². The van der Waals surface area contributed by atoms with Crippen LogP contribution in [-0.4, -0.2) is 25.3 Å². The number of nitrogens with zero attached hydrogens (tertiary/aromatic N) is 1. The molecule has 138 valence electrons. The standard InChI is InChI=1S/C21H26N2O3/c1-4-5-12-25-19-10-8-18(9-11-19)14-22-23-21(24)15-26-20-13-16(2)6-7-17(20)3/h6-11,13-14H,4-5,12,15H2,1-3H3,(H,23,24)/b22-14+. The fourth-order valence-corrected chi connectivity index (χ4v) is 2.20. The Morgan fingerprint density at radius 3 is 2.62 bits per heavy atom. The van der Waals surface area contributed by atoms with E-state index in [2.05, 4.69) is 17.5 Å². The lowest BCUT2D eigenvalue weighted by Crippen LogP contribution is -2.24. The molecule has 0 atom stereocenters. The predicted molar refractivity (Wildman–Crippen MR) is 104 cm³/mol. The number of hydrazone groups is 1. The van der Waals surface area contributed by atoms with Crippen molar-refractivity contribution in [3.63, 3.8) is 0 Å². The van der Waals surface area contributed by atoms with Crippen molar-refractivity contribution in [3.8, 4) is 11.5 Å². The molecule has 2 aromatic rings. The number of aryl methyl sites for hydroxylation is 2. The zero-order valence-electron chi connectivity index (χ0n) is 15.6. The number of carbonyl (C=O) groups is 1. The number of nitrogens with one attached hydrogen (secondary N) is 1. The largest absolute Gasteiger partial charge is 0.494 e. The maximum absolute atomic E-state index is 11.8. The van der Waals surface area contributed by atoms with Gasteiger partial charge in [0, 0.05) is 0 Å². The van der Waals surface area contributed by atoms with E-state index in [0.717, 1.165) is 41.9 Å². The second-order valence-corrected chi connectivity index (χ2v) is 6.12. The molecule has 0 fully saturated rings. The van der Waals surface area contributed by atoms with Gasteiger partial charge < -0.3 is 9.47 Å². The van der Waals surface area contributed by atoms with Crippen molar-refractivity contribution >= 4 is 12.1 Å². The molecule has 0 aliphatic heterocycles. The number of benzene rings is 2. The van der Waals surface area contributed by atoms with Crippen LogP contribution in [0.3, 0.4) is 0 Å². The summed E-state index contributed by atoms with van der Waals surface area (Å²) >= 11 is 0. The van der Waals surface area contributed by atoms with Gasteiger partial charge in [-0.05, 0) is 67.3 Å².